The third kappa shape index (κ3) is 1.13. The molecule has 0 atom stereocenters. The second-order valence-corrected chi connectivity index (χ2v) is 2.92. The molecule has 66 valence electrons. The van der Waals surface area contributed by atoms with Gasteiger partial charge >= 0.3 is 0 Å². The van der Waals surface area contributed by atoms with E-state index in [0.29, 0.717) is 16.5 Å². The second-order valence-electron chi connectivity index (χ2n) is 2.92. The molecular formula is C10H8FNO. The fourth-order valence-corrected chi connectivity index (χ4v) is 1.42. The van der Waals surface area contributed by atoms with Gasteiger partial charge in [0, 0.05) is 22.7 Å². The van der Waals surface area contributed by atoms with Gasteiger partial charge in [0.05, 0.1) is 0 Å². The highest BCUT2D eigenvalue weighted by atomic mass is 19.1. The Kier molecular flexibility index (Phi) is 1.65. The van der Waals surface area contributed by atoms with Gasteiger partial charge in [0.2, 0.25) is 0 Å². The van der Waals surface area contributed by atoms with Gasteiger partial charge in [0.1, 0.15) is 5.82 Å². The molecule has 1 N–H and O–H groups in total. The lowest BCUT2D eigenvalue weighted by molar-refractivity contribution is 0.101. The first kappa shape index (κ1) is 7.98. The molecule has 0 fully saturated rings. The van der Waals surface area contributed by atoms with E-state index in [2.05, 4.69) is 4.98 Å². The number of H-pyrrole nitrogens is 1. The van der Waals surface area contributed by atoms with Crippen LogP contribution in [0.4, 0.5) is 4.39 Å². The summed E-state index contributed by atoms with van der Waals surface area (Å²) in [6, 6.07) is 4.70. The van der Waals surface area contributed by atoms with Crippen molar-refractivity contribution in [3.05, 3.63) is 35.8 Å². The van der Waals surface area contributed by atoms with Crippen LogP contribution in [0.15, 0.2) is 24.4 Å². The molecule has 0 saturated carbocycles. The molecule has 0 unspecified atom stereocenters. The zero-order valence-corrected chi connectivity index (χ0v) is 7.10. The van der Waals surface area contributed by atoms with Gasteiger partial charge in [0.15, 0.2) is 5.78 Å². The van der Waals surface area contributed by atoms with Gasteiger partial charge in [0.25, 0.3) is 0 Å². The number of benzene rings is 1. The molecule has 0 aliphatic carbocycles. The standard InChI is InChI=1S/C10H8FNO/c1-6(13)7-5-12-9-4-2-3-8(11)10(7)9/h2-5,12H,1H3. The summed E-state index contributed by atoms with van der Waals surface area (Å²) in [6.07, 6.45) is 1.54. The van der Waals surface area contributed by atoms with Crippen LogP contribution in [0.5, 0.6) is 0 Å². The number of hydrogen-bond donors (Lipinski definition) is 1. The first-order chi connectivity index (χ1) is 6.20. The van der Waals surface area contributed by atoms with Gasteiger partial charge < -0.3 is 4.98 Å². The van der Waals surface area contributed by atoms with Gasteiger partial charge in [-0.1, -0.05) is 6.07 Å². The van der Waals surface area contributed by atoms with E-state index in [1.54, 1.807) is 12.1 Å². The molecule has 1 aromatic heterocycles. The van der Waals surface area contributed by atoms with E-state index in [1.165, 1.54) is 19.2 Å². The number of carbonyl (C=O) groups excluding carboxylic acids is 1. The Balaban J connectivity index is 2.86. The Hall–Kier alpha value is -1.64. The summed E-state index contributed by atoms with van der Waals surface area (Å²) in [5, 5.41) is 0.384. The zero-order valence-electron chi connectivity index (χ0n) is 7.10. The number of nitrogens with one attached hydrogen (secondary N) is 1. The molecule has 1 heterocycles. The zero-order chi connectivity index (χ0) is 9.42. The number of aromatic nitrogens is 1. The largest absolute Gasteiger partial charge is 0.360 e. The Morgan fingerprint density at radius 2 is 2.23 bits per heavy atom. The van der Waals surface area contributed by atoms with Gasteiger partial charge in [-0.2, -0.15) is 0 Å². The van der Waals surface area contributed by atoms with Crippen molar-refractivity contribution in [2.75, 3.05) is 0 Å². The molecule has 13 heavy (non-hydrogen) atoms. The lowest BCUT2D eigenvalue weighted by Crippen LogP contribution is -1.90. The summed E-state index contributed by atoms with van der Waals surface area (Å²) in [7, 11) is 0. The van der Waals surface area contributed by atoms with Crippen LogP contribution in [0.25, 0.3) is 10.9 Å². The van der Waals surface area contributed by atoms with Crippen molar-refractivity contribution >= 4 is 16.7 Å². The maximum absolute atomic E-state index is 13.3. The third-order valence-electron chi connectivity index (χ3n) is 2.03. The van der Waals surface area contributed by atoms with Crippen molar-refractivity contribution in [2.45, 2.75) is 6.92 Å². The minimum Gasteiger partial charge on any atom is -0.360 e. The number of halogens is 1. The van der Waals surface area contributed by atoms with E-state index >= 15 is 0 Å². The third-order valence-corrected chi connectivity index (χ3v) is 2.03. The predicted octanol–water partition coefficient (Wildman–Crippen LogP) is 2.51. The number of carbonyl (C=O) groups is 1. The fourth-order valence-electron chi connectivity index (χ4n) is 1.42. The molecule has 2 nitrogen and oxygen atoms in total. The molecule has 2 rings (SSSR count). The van der Waals surface area contributed by atoms with Gasteiger partial charge in [-0.25, -0.2) is 4.39 Å². The van der Waals surface area contributed by atoms with Crippen LogP contribution < -0.4 is 0 Å². The van der Waals surface area contributed by atoms with E-state index < -0.39 is 0 Å². The first-order valence-electron chi connectivity index (χ1n) is 3.96. The molecule has 0 radical (unpaired) electrons. The van der Waals surface area contributed by atoms with E-state index in [9.17, 15) is 9.18 Å². The second kappa shape index (κ2) is 2.69. The number of Topliss-reactive ketones (excluding diaryl/α,β-unsaturated/α-hetero) is 1. The minimum atomic E-state index is -0.357. The Bertz CT molecular complexity index is 473. The summed E-state index contributed by atoms with van der Waals surface area (Å²) in [6.45, 7) is 1.43. The van der Waals surface area contributed by atoms with Crippen molar-refractivity contribution in [3.63, 3.8) is 0 Å². The minimum absolute atomic E-state index is 0.128. The number of fused-ring (bicyclic) bond motifs is 1. The molecule has 0 spiro atoms. The topological polar surface area (TPSA) is 32.9 Å². The van der Waals surface area contributed by atoms with E-state index in [4.69, 9.17) is 0 Å². The highest BCUT2D eigenvalue weighted by Crippen LogP contribution is 2.21. The van der Waals surface area contributed by atoms with Crippen molar-refractivity contribution in [1.82, 2.24) is 4.98 Å². The Morgan fingerprint density at radius 1 is 1.46 bits per heavy atom. The lowest BCUT2D eigenvalue weighted by Gasteiger charge is -1.94. The molecule has 0 aliphatic rings. The first-order valence-corrected chi connectivity index (χ1v) is 3.96. The predicted molar refractivity (Wildman–Crippen MR) is 48.3 cm³/mol. The molecule has 0 amide bonds. The SMILES string of the molecule is CC(=O)c1c[nH]c2cccc(F)c12. The Morgan fingerprint density at radius 3 is 2.92 bits per heavy atom. The average Bonchev–Trinajstić information content (AvgIpc) is 2.49. The van der Waals surface area contributed by atoms with Gasteiger partial charge in [-0.15, -0.1) is 0 Å². The number of hydrogen-bond acceptors (Lipinski definition) is 1. The van der Waals surface area contributed by atoms with Crippen LogP contribution in [0.3, 0.4) is 0 Å². The normalized spacial score (nSPS) is 10.6. The van der Waals surface area contributed by atoms with Crippen LogP contribution in [0, 0.1) is 5.82 Å². The maximum Gasteiger partial charge on any atom is 0.162 e. The summed E-state index contributed by atoms with van der Waals surface area (Å²) in [5.74, 6) is -0.486. The molecule has 0 bridgehead atoms. The van der Waals surface area contributed by atoms with Crippen molar-refractivity contribution in [3.8, 4) is 0 Å². The summed E-state index contributed by atoms with van der Waals surface area (Å²) in [4.78, 5) is 13.9. The number of aromatic amines is 1. The molecule has 1 aromatic carbocycles. The van der Waals surface area contributed by atoms with Crippen LogP contribution in [-0.2, 0) is 0 Å². The van der Waals surface area contributed by atoms with Crippen molar-refractivity contribution in [2.24, 2.45) is 0 Å². The van der Waals surface area contributed by atoms with E-state index in [0.717, 1.165) is 0 Å². The highest BCUT2D eigenvalue weighted by molar-refractivity contribution is 6.06. The van der Waals surface area contributed by atoms with Crippen molar-refractivity contribution in [1.29, 1.82) is 0 Å². The molecule has 0 aliphatic heterocycles. The van der Waals surface area contributed by atoms with Crippen LogP contribution >= 0.6 is 0 Å². The summed E-state index contributed by atoms with van der Waals surface area (Å²) < 4.78 is 13.3. The summed E-state index contributed by atoms with van der Waals surface area (Å²) in [5.41, 5.74) is 1.07. The summed E-state index contributed by atoms with van der Waals surface area (Å²) >= 11 is 0. The number of rotatable bonds is 1. The smallest absolute Gasteiger partial charge is 0.162 e. The highest BCUT2D eigenvalue weighted by Gasteiger charge is 2.10. The average molecular weight is 177 g/mol. The number of ketones is 1. The monoisotopic (exact) mass is 177 g/mol. The Labute approximate surface area is 74.4 Å². The molecule has 0 saturated heterocycles. The molecule has 3 heteroatoms. The van der Waals surface area contributed by atoms with E-state index in [1.807, 2.05) is 0 Å². The molecule has 2 aromatic rings. The van der Waals surface area contributed by atoms with Gasteiger partial charge in [-0.3, -0.25) is 4.79 Å². The van der Waals surface area contributed by atoms with Crippen molar-refractivity contribution < 1.29 is 9.18 Å². The van der Waals surface area contributed by atoms with Crippen LogP contribution in [0.1, 0.15) is 17.3 Å². The van der Waals surface area contributed by atoms with E-state index in [-0.39, 0.29) is 11.6 Å². The lowest BCUT2D eigenvalue weighted by atomic mass is 10.1. The maximum atomic E-state index is 13.3. The fraction of sp³-hybridized carbons (Fsp3) is 0.100. The molecular weight excluding hydrogens is 169 g/mol. The quantitative estimate of drug-likeness (QED) is 0.667. The van der Waals surface area contributed by atoms with Gasteiger partial charge in [-0.05, 0) is 19.1 Å². The van der Waals surface area contributed by atoms with Crippen LogP contribution in [-0.4, -0.2) is 10.8 Å². The van der Waals surface area contributed by atoms with Crippen LogP contribution in [0.2, 0.25) is 0 Å².